The fourth-order valence-corrected chi connectivity index (χ4v) is 1.48. The van der Waals surface area contributed by atoms with Gasteiger partial charge >= 0.3 is 11.9 Å². The number of carbonyl (C=O) groups is 2. The van der Waals surface area contributed by atoms with E-state index in [0.717, 1.165) is 6.07 Å². The number of halogens is 2. The number of rotatable bonds is 7. The van der Waals surface area contributed by atoms with Gasteiger partial charge in [-0.2, -0.15) is 0 Å². The van der Waals surface area contributed by atoms with E-state index in [2.05, 4.69) is 5.32 Å². The van der Waals surface area contributed by atoms with Gasteiger partial charge in [0.25, 0.3) is 0 Å². The second-order valence-electron chi connectivity index (χ2n) is 3.94. The highest BCUT2D eigenvalue weighted by molar-refractivity contribution is 5.75. The normalized spacial score (nSPS) is 12.1. The van der Waals surface area contributed by atoms with E-state index in [4.69, 9.17) is 10.2 Å². The molecule has 1 unspecified atom stereocenters. The molecule has 3 N–H and O–H groups in total. The predicted molar refractivity (Wildman–Crippen MR) is 61.5 cm³/mol. The molecular formula is C12H13F2NO4. The molecule has 0 aliphatic heterocycles. The first-order chi connectivity index (χ1) is 8.90. The molecule has 0 aliphatic rings. The molecule has 1 atom stereocenters. The number of hydrogen-bond acceptors (Lipinski definition) is 3. The van der Waals surface area contributed by atoms with E-state index in [0.29, 0.717) is 6.07 Å². The maximum absolute atomic E-state index is 13.3. The lowest BCUT2D eigenvalue weighted by Gasteiger charge is -2.13. The van der Waals surface area contributed by atoms with Crippen LogP contribution in [0.25, 0.3) is 0 Å². The van der Waals surface area contributed by atoms with Crippen LogP contribution in [0.4, 0.5) is 8.78 Å². The van der Waals surface area contributed by atoms with E-state index in [1.807, 2.05) is 0 Å². The van der Waals surface area contributed by atoms with E-state index < -0.39 is 29.6 Å². The minimum atomic E-state index is -1.22. The lowest BCUT2D eigenvalue weighted by atomic mass is 10.1. The van der Waals surface area contributed by atoms with Gasteiger partial charge < -0.3 is 15.5 Å². The summed E-state index contributed by atoms with van der Waals surface area (Å²) in [6.45, 7) is -0.122. The number of benzene rings is 1. The number of nitrogens with one attached hydrogen (secondary N) is 1. The highest BCUT2D eigenvalue weighted by Gasteiger charge is 2.18. The van der Waals surface area contributed by atoms with Crippen molar-refractivity contribution in [2.24, 2.45) is 0 Å². The number of hydrogen-bond donors (Lipinski definition) is 3. The van der Waals surface area contributed by atoms with Crippen LogP contribution in [0.5, 0.6) is 0 Å². The second-order valence-corrected chi connectivity index (χ2v) is 3.94. The first kappa shape index (κ1) is 15.0. The van der Waals surface area contributed by atoms with E-state index in [-0.39, 0.29) is 24.9 Å². The second kappa shape index (κ2) is 6.79. The van der Waals surface area contributed by atoms with Crippen LogP contribution in [-0.4, -0.2) is 28.2 Å². The molecule has 0 bridgehead atoms. The molecule has 0 heterocycles. The van der Waals surface area contributed by atoms with Crippen LogP contribution >= 0.6 is 0 Å². The summed E-state index contributed by atoms with van der Waals surface area (Å²) in [6, 6.07) is 1.87. The van der Waals surface area contributed by atoms with Gasteiger partial charge in [0.15, 0.2) is 0 Å². The quantitative estimate of drug-likeness (QED) is 0.698. The summed E-state index contributed by atoms with van der Waals surface area (Å²) >= 11 is 0. The van der Waals surface area contributed by atoms with Crippen molar-refractivity contribution >= 4 is 11.9 Å². The molecule has 104 valence electrons. The minimum absolute atomic E-state index is 0.114. The van der Waals surface area contributed by atoms with Crippen molar-refractivity contribution in [1.82, 2.24) is 5.32 Å². The van der Waals surface area contributed by atoms with Gasteiger partial charge in [-0.1, -0.05) is 6.07 Å². The Morgan fingerprint density at radius 3 is 2.47 bits per heavy atom. The van der Waals surface area contributed by atoms with Gasteiger partial charge in [0.2, 0.25) is 0 Å². The Kier molecular flexibility index (Phi) is 5.37. The van der Waals surface area contributed by atoms with Crippen LogP contribution in [0.2, 0.25) is 0 Å². The molecule has 19 heavy (non-hydrogen) atoms. The van der Waals surface area contributed by atoms with Crippen molar-refractivity contribution in [3.63, 3.8) is 0 Å². The standard InChI is InChI=1S/C12H13F2NO4/c13-8-2-1-7(9(14)5-8)6-15-10(12(18)19)3-4-11(16)17/h1-2,5,10,15H,3-4,6H2,(H,16,17)(H,18,19). The van der Waals surface area contributed by atoms with Crippen molar-refractivity contribution < 1.29 is 28.6 Å². The van der Waals surface area contributed by atoms with Crippen molar-refractivity contribution in [3.8, 4) is 0 Å². The van der Waals surface area contributed by atoms with Crippen LogP contribution in [0.15, 0.2) is 18.2 Å². The van der Waals surface area contributed by atoms with Gasteiger partial charge in [-0.15, -0.1) is 0 Å². The van der Waals surface area contributed by atoms with Crippen LogP contribution < -0.4 is 5.32 Å². The van der Waals surface area contributed by atoms with Gasteiger partial charge in [-0.05, 0) is 12.5 Å². The van der Waals surface area contributed by atoms with Crippen LogP contribution in [0, 0.1) is 11.6 Å². The van der Waals surface area contributed by atoms with E-state index >= 15 is 0 Å². The summed E-state index contributed by atoms with van der Waals surface area (Å²) < 4.78 is 26.0. The fourth-order valence-electron chi connectivity index (χ4n) is 1.48. The summed E-state index contributed by atoms with van der Waals surface area (Å²) in [5.41, 5.74) is 0.114. The maximum Gasteiger partial charge on any atom is 0.320 e. The molecule has 0 aliphatic carbocycles. The smallest absolute Gasteiger partial charge is 0.320 e. The largest absolute Gasteiger partial charge is 0.481 e. The van der Waals surface area contributed by atoms with E-state index in [1.165, 1.54) is 6.07 Å². The highest BCUT2D eigenvalue weighted by Crippen LogP contribution is 2.10. The van der Waals surface area contributed by atoms with Crippen molar-refractivity contribution in [2.75, 3.05) is 0 Å². The Bertz CT molecular complexity index is 479. The maximum atomic E-state index is 13.3. The molecule has 0 spiro atoms. The van der Waals surface area contributed by atoms with Gasteiger partial charge in [-0.3, -0.25) is 9.59 Å². The molecule has 1 aromatic rings. The molecule has 0 aromatic heterocycles. The van der Waals surface area contributed by atoms with Crippen LogP contribution in [0.3, 0.4) is 0 Å². The Balaban J connectivity index is 2.60. The lowest BCUT2D eigenvalue weighted by molar-refractivity contribution is -0.140. The third kappa shape index (κ3) is 5.01. The summed E-state index contributed by atoms with van der Waals surface area (Å²) in [4.78, 5) is 21.2. The first-order valence-electron chi connectivity index (χ1n) is 5.52. The average molecular weight is 273 g/mol. The van der Waals surface area contributed by atoms with Crippen molar-refractivity contribution in [1.29, 1.82) is 0 Å². The molecule has 1 rings (SSSR count). The molecule has 5 nitrogen and oxygen atoms in total. The number of aliphatic carboxylic acids is 2. The zero-order valence-corrected chi connectivity index (χ0v) is 9.90. The topological polar surface area (TPSA) is 86.6 Å². The van der Waals surface area contributed by atoms with Crippen molar-refractivity contribution in [2.45, 2.75) is 25.4 Å². The molecule has 0 fully saturated rings. The summed E-state index contributed by atoms with van der Waals surface area (Å²) in [6.07, 6.45) is -0.427. The lowest BCUT2D eigenvalue weighted by Crippen LogP contribution is -2.36. The average Bonchev–Trinajstić information content (AvgIpc) is 2.30. The van der Waals surface area contributed by atoms with Crippen LogP contribution in [-0.2, 0) is 16.1 Å². The third-order valence-corrected chi connectivity index (χ3v) is 2.50. The van der Waals surface area contributed by atoms with Crippen molar-refractivity contribution in [3.05, 3.63) is 35.4 Å². The number of carboxylic acid groups (broad SMARTS) is 2. The first-order valence-corrected chi connectivity index (χ1v) is 5.52. The SMILES string of the molecule is O=C(O)CCC(NCc1ccc(F)cc1F)C(=O)O. The Labute approximate surface area is 107 Å². The molecule has 0 amide bonds. The van der Waals surface area contributed by atoms with Crippen LogP contribution in [0.1, 0.15) is 18.4 Å². The Morgan fingerprint density at radius 1 is 1.26 bits per heavy atom. The summed E-state index contributed by atoms with van der Waals surface area (Å²) in [7, 11) is 0. The van der Waals surface area contributed by atoms with Gasteiger partial charge in [-0.25, -0.2) is 8.78 Å². The number of carboxylic acids is 2. The molecular weight excluding hydrogens is 260 g/mol. The molecule has 0 radical (unpaired) electrons. The minimum Gasteiger partial charge on any atom is -0.481 e. The third-order valence-electron chi connectivity index (χ3n) is 2.50. The van der Waals surface area contributed by atoms with E-state index in [1.54, 1.807) is 0 Å². The monoisotopic (exact) mass is 273 g/mol. The van der Waals surface area contributed by atoms with Gasteiger partial charge in [0.1, 0.15) is 17.7 Å². The zero-order valence-electron chi connectivity index (χ0n) is 9.90. The molecule has 1 aromatic carbocycles. The van der Waals surface area contributed by atoms with Gasteiger partial charge in [0, 0.05) is 24.6 Å². The Hall–Kier alpha value is -2.02. The molecule has 0 saturated carbocycles. The summed E-state index contributed by atoms with van der Waals surface area (Å²) in [5, 5.41) is 19.9. The zero-order chi connectivity index (χ0) is 14.4. The van der Waals surface area contributed by atoms with E-state index in [9.17, 15) is 18.4 Å². The Morgan fingerprint density at radius 2 is 1.95 bits per heavy atom. The summed E-state index contributed by atoms with van der Waals surface area (Å²) in [5.74, 6) is -3.83. The molecule has 7 heteroatoms. The molecule has 0 saturated heterocycles. The fraction of sp³-hybridized carbons (Fsp3) is 0.333. The predicted octanol–water partition coefficient (Wildman–Crippen LogP) is 1.37. The van der Waals surface area contributed by atoms with Gasteiger partial charge in [0.05, 0.1) is 0 Å². The highest BCUT2D eigenvalue weighted by atomic mass is 19.1.